The molecular weight excluding hydrogens is 306 g/mol. The van der Waals surface area contributed by atoms with Crippen LogP contribution in [0.5, 0.6) is 11.5 Å². The average Bonchev–Trinajstić information content (AvgIpc) is 2.52. The molecular formula is C15H19NO5S. The van der Waals surface area contributed by atoms with Crippen LogP contribution in [0.2, 0.25) is 0 Å². The normalized spacial score (nSPS) is 14.1. The number of nitrogens with one attached hydrogen (secondary N) is 1. The van der Waals surface area contributed by atoms with Crippen molar-refractivity contribution in [2.24, 2.45) is 0 Å². The first-order valence-electron chi connectivity index (χ1n) is 7.08. The first-order chi connectivity index (χ1) is 10.6. The zero-order valence-corrected chi connectivity index (χ0v) is 13.4. The van der Waals surface area contributed by atoms with Crippen LogP contribution in [0.25, 0.3) is 0 Å². The van der Waals surface area contributed by atoms with Crippen molar-refractivity contribution in [1.29, 1.82) is 0 Å². The van der Waals surface area contributed by atoms with E-state index in [-0.39, 0.29) is 22.9 Å². The molecule has 1 atom stereocenters. The second-order valence-electron chi connectivity index (χ2n) is 4.61. The number of hydrogen-bond donors (Lipinski definition) is 1. The highest BCUT2D eigenvalue weighted by molar-refractivity contribution is 8.01. The minimum atomic E-state index is -0.363. The maximum absolute atomic E-state index is 12.1. The maximum Gasteiger partial charge on any atom is 0.315 e. The van der Waals surface area contributed by atoms with E-state index in [1.54, 1.807) is 32.0 Å². The Morgan fingerprint density at radius 2 is 2.05 bits per heavy atom. The number of esters is 1. The third kappa shape index (κ3) is 4.56. The first kappa shape index (κ1) is 16.5. The fourth-order valence-corrected chi connectivity index (χ4v) is 2.52. The quantitative estimate of drug-likeness (QED) is 0.807. The summed E-state index contributed by atoms with van der Waals surface area (Å²) in [4.78, 5) is 23.4. The van der Waals surface area contributed by atoms with Crippen molar-refractivity contribution in [3.63, 3.8) is 0 Å². The van der Waals surface area contributed by atoms with Crippen LogP contribution in [-0.2, 0) is 14.3 Å². The number of rotatable bonds is 6. The molecule has 1 amide bonds. The van der Waals surface area contributed by atoms with Crippen LogP contribution < -0.4 is 14.8 Å². The van der Waals surface area contributed by atoms with Crippen molar-refractivity contribution >= 4 is 29.3 Å². The molecule has 1 aromatic rings. The Bertz CT molecular complexity index is 549. The largest absolute Gasteiger partial charge is 0.486 e. The molecule has 7 heteroatoms. The van der Waals surface area contributed by atoms with Crippen molar-refractivity contribution in [1.82, 2.24) is 0 Å². The van der Waals surface area contributed by atoms with Crippen LogP contribution in [0, 0.1) is 0 Å². The number of fused-ring (bicyclic) bond motifs is 1. The van der Waals surface area contributed by atoms with E-state index < -0.39 is 0 Å². The van der Waals surface area contributed by atoms with Crippen LogP contribution in [0.1, 0.15) is 13.8 Å². The van der Waals surface area contributed by atoms with E-state index in [0.29, 0.717) is 37.0 Å². The standard InChI is InChI=1S/C15H19NO5S/c1-3-19-14(17)9-22-10(2)15(18)16-11-4-5-12-13(8-11)21-7-6-20-12/h4-5,8,10H,3,6-7,9H2,1-2H3,(H,16,18)/t10-/m1/s1. The molecule has 0 spiro atoms. The Balaban J connectivity index is 1.87. The lowest BCUT2D eigenvalue weighted by atomic mass is 10.2. The number of anilines is 1. The summed E-state index contributed by atoms with van der Waals surface area (Å²) in [6, 6.07) is 5.25. The van der Waals surface area contributed by atoms with Crippen molar-refractivity contribution in [3.05, 3.63) is 18.2 Å². The molecule has 0 saturated heterocycles. The minimum Gasteiger partial charge on any atom is -0.486 e. The summed E-state index contributed by atoms with van der Waals surface area (Å²) in [5.74, 6) is 0.964. The van der Waals surface area contributed by atoms with Gasteiger partial charge in [0.15, 0.2) is 11.5 Å². The predicted octanol–water partition coefficient (Wildman–Crippen LogP) is 2.08. The fourth-order valence-electron chi connectivity index (χ4n) is 1.84. The van der Waals surface area contributed by atoms with Crippen LogP contribution in [0.3, 0.4) is 0 Å². The second-order valence-corrected chi connectivity index (χ2v) is 5.94. The molecule has 0 radical (unpaired) electrons. The zero-order chi connectivity index (χ0) is 15.9. The van der Waals surface area contributed by atoms with Crippen LogP contribution in [0.4, 0.5) is 5.69 Å². The molecule has 0 unspecified atom stereocenters. The summed E-state index contributed by atoms with van der Waals surface area (Å²) in [7, 11) is 0. The number of thioether (sulfide) groups is 1. The fraction of sp³-hybridized carbons (Fsp3) is 0.467. The van der Waals surface area contributed by atoms with Gasteiger partial charge in [-0.1, -0.05) is 0 Å². The molecule has 1 aliphatic rings. The molecule has 1 N–H and O–H groups in total. The van der Waals surface area contributed by atoms with Gasteiger partial charge in [0.1, 0.15) is 13.2 Å². The van der Waals surface area contributed by atoms with Gasteiger partial charge in [0.2, 0.25) is 5.91 Å². The number of benzene rings is 1. The summed E-state index contributed by atoms with van der Waals surface area (Å²) in [5, 5.41) is 2.44. The lowest BCUT2D eigenvalue weighted by Gasteiger charge is -2.19. The Labute approximate surface area is 133 Å². The van der Waals surface area contributed by atoms with Crippen LogP contribution in [0.15, 0.2) is 18.2 Å². The van der Waals surface area contributed by atoms with E-state index >= 15 is 0 Å². The van der Waals surface area contributed by atoms with E-state index in [1.807, 2.05) is 0 Å². The molecule has 0 aliphatic carbocycles. The van der Waals surface area contributed by atoms with E-state index in [0.717, 1.165) is 0 Å². The van der Waals surface area contributed by atoms with E-state index in [1.165, 1.54) is 11.8 Å². The molecule has 120 valence electrons. The van der Waals surface area contributed by atoms with E-state index in [4.69, 9.17) is 14.2 Å². The summed E-state index contributed by atoms with van der Waals surface area (Å²) < 4.78 is 15.7. The Morgan fingerprint density at radius 1 is 1.32 bits per heavy atom. The van der Waals surface area contributed by atoms with E-state index in [2.05, 4.69) is 5.32 Å². The summed E-state index contributed by atoms with van der Waals surface area (Å²) in [6.45, 7) is 4.87. The molecule has 6 nitrogen and oxygen atoms in total. The summed E-state index contributed by atoms with van der Waals surface area (Å²) in [5.41, 5.74) is 0.637. The van der Waals surface area contributed by atoms with Crippen molar-refractivity contribution in [2.75, 3.05) is 30.9 Å². The molecule has 0 aromatic heterocycles. The van der Waals surface area contributed by atoms with Gasteiger partial charge in [-0.25, -0.2) is 0 Å². The van der Waals surface area contributed by atoms with Gasteiger partial charge in [0, 0.05) is 11.8 Å². The van der Waals surface area contributed by atoms with Gasteiger partial charge in [-0.3, -0.25) is 9.59 Å². The topological polar surface area (TPSA) is 73.9 Å². The molecule has 0 fully saturated rings. The third-order valence-corrected chi connectivity index (χ3v) is 4.05. The average molecular weight is 325 g/mol. The van der Waals surface area contributed by atoms with Gasteiger partial charge in [-0.05, 0) is 26.0 Å². The number of ether oxygens (including phenoxy) is 3. The second kappa shape index (κ2) is 7.93. The molecule has 0 saturated carbocycles. The maximum atomic E-state index is 12.1. The third-order valence-electron chi connectivity index (χ3n) is 2.94. The molecule has 1 aliphatic heterocycles. The van der Waals surface area contributed by atoms with Crippen LogP contribution >= 0.6 is 11.8 Å². The van der Waals surface area contributed by atoms with Gasteiger partial charge in [-0.15, -0.1) is 11.8 Å². The van der Waals surface area contributed by atoms with Gasteiger partial charge in [0.05, 0.1) is 17.6 Å². The number of carbonyl (C=O) groups excluding carboxylic acids is 2. The number of carbonyl (C=O) groups is 2. The Kier molecular flexibility index (Phi) is 5.94. The highest BCUT2D eigenvalue weighted by atomic mass is 32.2. The summed E-state index contributed by atoms with van der Waals surface area (Å²) in [6.07, 6.45) is 0. The molecule has 1 heterocycles. The first-order valence-corrected chi connectivity index (χ1v) is 8.12. The summed E-state index contributed by atoms with van der Waals surface area (Å²) >= 11 is 1.24. The Hall–Kier alpha value is -1.89. The van der Waals surface area contributed by atoms with Gasteiger partial charge >= 0.3 is 5.97 Å². The predicted molar refractivity (Wildman–Crippen MR) is 84.6 cm³/mol. The number of amides is 1. The van der Waals surface area contributed by atoms with Crippen molar-refractivity contribution in [2.45, 2.75) is 19.1 Å². The number of hydrogen-bond acceptors (Lipinski definition) is 6. The molecule has 0 bridgehead atoms. The van der Waals surface area contributed by atoms with Gasteiger partial charge in [0.25, 0.3) is 0 Å². The van der Waals surface area contributed by atoms with Crippen molar-refractivity contribution < 1.29 is 23.8 Å². The van der Waals surface area contributed by atoms with Crippen LogP contribution in [-0.4, -0.2) is 42.7 Å². The lowest BCUT2D eigenvalue weighted by Crippen LogP contribution is -2.24. The van der Waals surface area contributed by atoms with E-state index in [9.17, 15) is 9.59 Å². The molecule has 1 aromatic carbocycles. The smallest absolute Gasteiger partial charge is 0.315 e. The monoisotopic (exact) mass is 325 g/mol. The van der Waals surface area contributed by atoms with Crippen molar-refractivity contribution in [3.8, 4) is 11.5 Å². The lowest BCUT2D eigenvalue weighted by molar-refractivity contribution is -0.139. The SMILES string of the molecule is CCOC(=O)CS[C@H](C)C(=O)Nc1ccc2c(c1)OCCO2. The van der Waals surface area contributed by atoms with Gasteiger partial charge in [-0.2, -0.15) is 0 Å². The van der Waals surface area contributed by atoms with Gasteiger partial charge < -0.3 is 19.5 Å². The highest BCUT2D eigenvalue weighted by Crippen LogP contribution is 2.32. The zero-order valence-electron chi connectivity index (χ0n) is 12.6. The Morgan fingerprint density at radius 3 is 2.77 bits per heavy atom. The molecule has 22 heavy (non-hydrogen) atoms. The molecule has 2 rings (SSSR count). The highest BCUT2D eigenvalue weighted by Gasteiger charge is 2.17. The minimum absolute atomic E-state index is 0.156.